The normalized spacial score (nSPS) is 16.7. The molecule has 1 N–H and O–H groups in total. The van der Waals surface area contributed by atoms with Gasteiger partial charge in [-0.3, -0.25) is 10.1 Å². The van der Waals surface area contributed by atoms with Gasteiger partial charge in [0.25, 0.3) is 5.69 Å². The van der Waals surface area contributed by atoms with Gasteiger partial charge in [-0.1, -0.05) is 23.7 Å². The molecule has 0 aliphatic carbocycles. The molecule has 2 aromatic rings. The second-order valence-electron chi connectivity index (χ2n) is 4.83. The molecule has 0 radical (unpaired) electrons. The minimum absolute atomic E-state index is 0.000325. The van der Waals surface area contributed by atoms with Crippen LogP contribution >= 0.6 is 11.6 Å². The van der Waals surface area contributed by atoms with Crippen LogP contribution in [0.3, 0.4) is 0 Å². The lowest BCUT2D eigenvalue weighted by Gasteiger charge is -2.09. The number of nitro groups is 1. The maximum absolute atomic E-state index is 11.2. The average Bonchev–Trinajstić information content (AvgIpc) is 2.94. The van der Waals surface area contributed by atoms with Gasteiger partial charge in [-0.2, -0.15) is 0 Å². The van der Waals surface area contributed by atoms with Crippen LogP contribution < -0.4 is 0 Å². The van der Waals surface area contributed by atoms with Crippen LogP contribution in [0.4, 0.5) is 5.69 Å². The first-order chi connectivity index (χ1) is 9.97. The van der Waals surface area contributed by atoms with Crippen LogP contribution in [0, 0.1) is 10.1 Å². The van der Waals surface area contributed by atoms with Crippen molar-refractivity contribution < 1.29 is 14.8 Å². The van der Waals surface area contributed by atoms with E-state index in [1.54, 1.807) is 16.7 Å². The zero-order chi connectivity index (χ0) is 15.1. The highest BCUT2D eigenvalue weighted by atomic mass is 35.5. The minimum atomic E-state index is -1.11. The number of carbonyl (C=O) groups is 1. The van der Waals surface area contributed by atoms with E-state index in [1.165, 1.54) is 12.1 Å². The van der Waals surface area contributed by atoms with Crippen molar-refractivity contribution in [1.29, 1.82) is 0 Å². The van der Waals surface area contributed by atoms with Crippen LogP contribution in [0.5, 0.6) is 0 Å². The van der Waals surface area contributed by atoms with Crippen molar-refractivity contribution in [3.05, 3.63) is 56.6 Å². The predicted molar refractivity (Wildman–Crippen MR) is 73.7 cm³/mol. The lowest BCUT2D eigenvalue weighted by atomic mass is 9.97. The zero-order valence-electron chi connectivity index (χ0n) is 10.7. The molecule has 0 saturated carbocycles. The smallest absolute Gasteiger partial charge is 0.355 e. The minimum Gasteiger partial charge on any atom is -0.476 e. The fraction of sp³-hybridized carbons (Fsp3) is 0.231. The average molecular weight is 308 g/mol. The molecule has 2 heterocycles. The van der Waals surface area contributed by atoms with Crippen LogP contribution in [0.2, 0.25) is 5.15 Å². The number of hydrogen-bond acceptors (Lipinski definition) is 4. The largest absolute Gasteiger partial charge is 0.476 e. The Morgan fingerprint density at radius 1 is 1.43 bits per heavy atom. The van der Waals surface area contributed by atoms with Crippen molar-refractivity contribution in [3.8, 4) is 0 Å². The number of carboxylic acid groups (broad SMARTS) is 1. The molecule has 0 saturated heterocycles. The number of halogens is 1. The fourth-order valence-corrected chi connectivity index (χ4v) is 2.90. The standard InChI is InChI=1S/C13H10ClN3O4/c14-12-11(13(18)19)16-6-8(5-10(16)15-12)7-1-3-9(4-2-7)17(20)21/h1-4,8H,5-6H2,(H,18,19). The van der Waals surface area contributed by atoms with E-state index < -0.39 is 10.9 Å². The van der Waals surface area contributed by atoms with Crippen LogP contribution in [0.1, 0.15) is 27.8 Å². The molecule has 1 aromatic carbocycles. The number of benzene rings is 1. The Labute approximate surface area is 123 Å². The Morgan fingerprint density at radius 2 is 2.10 bits per heavy atom. The number of aromatic nitrogens is 2. The summed E-state index contributed by atoms with van der Waals surface area (Å²) < 4.78 is 1.59. The molecule has 7 nitrogen and oxygen atoms in total. The topological polar surface area (TPSA) is 98.3 Å². The number of non-ortho nitro benzene ring substituents is 1. The lowest BCUT2D eigenvalue weighted by Crippen LogP contribution is -2.09. The van der Waals surface area contributed by atoms with E-state index in [-0.39, 0.29) is 22.5 Å². The van der Waals surface area contributed by atoms with Gasteiger partial charge in [0.05, 0.1) is 4.92 Å². The fourth-order valence-electron chi connectivity index (χ4n) is 2.62. The Morgan fingerprint density at radius 3 is 2.67 bits per heavy atom. The molecule has 1 atom stereocenters. The van der Waals surface area contributed by atoms with E-state index in [2.05, 4.69) is 4.98 Å². The molecule has 108 valence electrons. The van der Waals surface area contributed by atoms with E-state index in [0.29, 0.717) is 18.8 Å². The number of fused-ring (bicyclic) bond motifs is 1. The number of nitro benzene ring substituents is 1. The maximum atomic E-state index is 11.2. The monoisotopic (exact) mass is 307 g/mol. The molecule has 1 unspecified atom stereocenters. The first kappa shape index (κ1) is 13.6. The Balaban J connectivity index is 1.88. The van der Waals surface area contributed by atoms with Gasteiger partial charge >= 0.3 is 5.97 Å². The Bertz CT molecular complexity index is 739. The van der Waals surface area contributed by atoms with Gasteiger partial charge < -0.3 is 9.67 Å². The summed E-state index contributed by atoms with van der Waals surface area (Å²) >= 11 is 5.82. The molecule has 3 rings (SSSR count). The van der Waals surface area contributed by atoms with E-state index in [1.807, 2.05) is 0 Å². The van der Waals surface area contributed by atoms with Gasteiger partial charge in [0.2, 0.25) is 0 Å². The van der Waals surface area contributed by atoms with Crippen molar-refractivity contribution in [1.82, 2.24) is 9.55 Å². The van der Waals surface area contributed by atoms with Crippen molar-refractivity contribution >= 4 is 23.3 Å². The summed E-state index contributed by atoms with van der Waals surface area (Å²) in [7, 11) is 0. The summed E-state index contributed by atoms with van der Waals surface area (Å²) in [6.07, 6.45) is 0.560. The molecule has 0 spiro atoms. The molecule has 1 aliphatic heterocycles. The Hall–Kier alpha value is -2.41. The molecule has 0 amide bonds. The van der Waals surface area contributed by atoms with E-state index in [4.69, 9.17) is 16.7 Å². The third-order valence-corrected chi connectivity index (χ3v) is 3.88. The number of aromatic carboxylic acids is 1. The maximum Gasteiger partial charge on any atom is 0.355 e. The first-order valence-corrected chi connectivity index (χ1v) is 6.57. The summed E-state index contributed by atoms with van der Waals surface area (Å²) in [4.78, 5) is 25.4. The van der Waals surface area contributed by atoms with Crippen LogP contribution in [-0.2, 0) is 13.0 Å². The molecule has 0 fully saturated rings. The highest BCUT2D eigenvalue weighted by molar-refractivity contribution is 6.32. The van der Waals surface area contributed by atoms with Gasteiger partial charge in [-0.05, 0) is 5.56 Å². The van der Waals surface area contributed by atoms with Gasteiger partial charge in [-0.25, -0.2) is 9.78 Å². The van der Waals surface area contributed by atoms with Crippen molar-refractivity contribution in [3.63, 3.8) is 0 Å². The Kier molecular flexibility index (Phi) is 3.13. The third kappa shape index (κ3) is 2.25. The molecule has 8 heteroatoms. The number of nitrogens with zero attached hydrogens (tertiary/aromatic N) is 3. The number of rotatable bonds is 3. The zero-order valence-corrected chi connectivity index (χ0v) is 11.4. The summed E-state index contributed by atoms with van der Waals surface area (Å²) in [6, 6.07) is 6.28. The van der Waals surface area contributed by atoms with Crippen LogP contribution in [0.15, 0.2) is 24.3 Å². The number of carboxylic acids is 1. The third-order valence-electron chi connectivity index (χ3n) is 3.61. The second kappa shape index (κ2) is 4.85. The summed E-state index contributed by atoms with van der Waals surface area (Å²) in [6.45, 7) is 0.453. The number of hydrogen-bond donors (Lipinski definition) is 1. The molecule has 1 aliphatic rings. The molecule has 1 aromatic heterocycles. The van der Waals surface area contributed by atoms with Gasteiger partial charge in [0, 0.05) is 31.0 Å². The van der Waals surface area contributed by atoms with Crippen molar-refractivity contribution in [2.24, 2.45) is 0 Å². The van der Waals surface area contributed by atoms with Gasteiger partial charge in [-0.15, -0.1) is 0 Å². The van der Waals surface area contributed by atoms with Crippen LogP contribution in [-0.4, -0.2) is 25.6 Å². The highest BCUT2D eigenvalue weighted by Crippen LogP contribution is 2.33. The van der Waals surface area contributed by atoms with E-state index in [9.17, 15) is 14.9 Å². The molecule has 21 heavy (non-hydrogen) atoms. The molecular weight excluding hydrogens is 298 g/mol. The van der Waals surface area contributed by atoms with Crippen molar-refractivity contribution in [2.45, 2.75) is 18.9 Å². The SMILES string of the molecule is O=C(O)c1c(Cl)nc2n1CC(c1ccc([N+](=O)[O-])cc1)C2. The molecular formula is C13H10ClN3O4. The highest BCUT2D eigenvalue weighted by Gasteiger charge is 2.31. The number of imidazole rings is 1. The summed E-state index contributed by atoms with van der Waals surface area (Å²) in [5.74, 6) is -0.437. The van der Waals surface area contributed by atoms with E-state index in [0.717, 1.165) is 5.56 Å². The van der Waals surface area contributed by atoms with Gasteiger partial charge in [0.1, 0.15) is 5.82 Å². The van der Waals surface area contributed by atoms with E-state index >= 15 is 0 Å². The first-order valence-electron chi connectivity index (χ1n) is 6.20. The predicted octanol–water partition coefficient (Wildman–Crippen LogP) is 2.48. The second-order valence-corrected chi connectivity index (χ2v) is 5.19. The van der Waals surface area contributed by atoms with Crippen LogP contribution in [0.25, 0.3) is 0 Å². The quantitative estimate of drug-likeness (QED) is 0.694. The summed E-state index contributed by atoms with van der Waals surface area (Å²) in [5, 5.41) is 19.8. The lowest BCUT2D eigenvalue weighted by molar-refractivity contribution is -0.384. The molecule has 0 bridgehead atoms. The summed E-state index contributed by atoms with van der Waals surface area (Å²) in [5.41, 5.74) is 0.943. The van der Waals surface area contributed by atoms with Crippen molar-refractivity contribution in [2.75, 3.05) is 0 Å². The van der Waals surface area contributed by atoms with Gasteiger partial charge in [0.15, 0.2) is 10.8 Å².